The van der Waals surface area contributed by atoms with Crippen LogP contribution in [0.15, 0.2) is 5.29 Å². The Hall–Kier alpha value is -0.990. The second-order valence-corrected chi connectivity index (χ2v) is 5.76. The Morgan fingerprint density at radius 3 is 1.73 bits per heavy atom. The van der Waals surface area contributed by atoms with Crippen LogP contribution in [0.3, 0.4) is 0 Å². The fourth-order valence-electron chi connectivity index (χ4n) is 1.98. The van der Waals surface area contributed by atoms with E-state index in [0.29, 0.717) is 6.42 Å². The van der Waals surface area contributed by atoms with Gasteiger partial charge in [0.05, 0.1) is 5.29 Å². The molecule has 0 atom stereocenters. The van der Waals surface area contributed by atoms with Gasteiger partial charge in [0.1, 0.15) is 0 Å². The Bertz CT molecular complexity index is 395. The van der Waals surface area contributed by atoms with E-state index in [1.165, 1.54) is 52.5 Å². The Morgan fingerprint density at radius 2 is 1.35 bits per heavy atom. The monoisotopic (exact) mass is 381 g/mol. The van der Waals surface area contributed by atoms with Crippen molar-refractivity contribution < 1.29 is 49.0 Å². The van der Waals surface area contributed by atoms with Gasteiger partial charge in [0.25, 0.3) is 0 Å². The van der Waals surface area contributed by atoms with Gasteiger partial charge in [0, 0.05) is 19.4 Å². The van der Waals surface area contributed by atoms with E-state index in [-0.39, 0.29) is 41.9 Å². The minimum atomic E-state index is -0.995. The molecular weight excluding hydrogens is 349 g/mol. The van der Waals surface area contributed by atoms with Crippen LogP contribution in [0.1, 0.15) is 84.5 Å². The molecule has 0 saturated heterocycles. The largest absolute Gasteiger partial charge is 1.00 e. The van der Waals surface area contributed by atoms with E-state index in [9.17, 15) is 24.4 Å². The molecule has 0 fully saturated rings. The zero-order chi connectivity index (χ0) is 19.5. The van der Waals surface area contributed by atoms with Crippen LogP contribution in [0.5, 0.6) is 0 Å². The van der Waals surface area contributed by atoms with Crippen molar-refractivity contribution in [1.82, 2.24) is 10.3 Å². The zero-order valence-electron chi connectivity index (χ0n) is 16.7. The molecule has 0 aromatic carbocycles. The van der Waals surface area contributed by atoms with Crippen molar-refractivity contribution in [2.24, 2.45) is 5.29 Å². The van der Waals surface area contributed by atoms with E-state index in [0.717, 1.165) is 24.2 Å². The van der Waals surface area contributed by atoms with Crippen molar-refractivity contribution >= 4 is 17.9 Å². The number of hydrogen-bond donors (Lipinski definition) is 1. The number of carbonyl (C=O) groups excluding carboxylic acids is 3. The van der Waals surface area contributed by atoms with Crippen LogP contribution in [0, 0.1) is 4.91 Å². The predicted molar refractivity (Wildman–Crippen MR) is 94.2 cm³/mol. The van der Waals surface area contributed by atoms with Gasteiger partial charge in [0.2, 0.25) is 5.91 Å². The van der Waals surface area contributed by atoms with Crippen LogP contribution in [-0.2, 0) is 9.59 Å². The summed E-state index contributed by atoms with van der Waals surface area (Å²) in [7, 11) is 1.34. The number of hydrogen-bond acceptors (Lipinski definition) is 6. The third kappa shape index (κ3) is 21.1. The van der Waals surface area contributed by atoms with Crippen molar-refractivity contribution in [2.75, 3.05) is 7.05 Å². The van der Waals surface area contributed by atoms with Crippen molar-refractivity contribution in [2.45, 2.75) is 84.5 Å². The van der Waals surface area contributed by atoms with E-state index >= 15 is 0 Å². The Labute approximate surface area is 178 Å². The van der Waals surface area contributed by atoms with Gasteiger partial charge >= 0.3 is 35.6 Å². The molecule has 0 bridgehead atoms. The average molecular weight is 381 g/mol. The summed E-state index contributed by atoms with van der Waals surface area (Å²) < 4.78 is 0. The molecule has 0 heterocycles. The number of nitroso groups, excluding NO2 is 1. The number of carboxylic acid groups (broad SMARTS) is 1. The minimum absolute atomic E-state index is 0. The van der Waals surface area contributed by atoms with Crippen molar-refractivity contribution in [3.63, 3.8) is 0 Å². The maximum Gasteiger partial charge on any atom is 1.00 e. The fourth-order valence-corrected chi connectivity index (χ4v) is 1.98. The van der Waals surface area contributed by atoms with Gasteiger partial charge in [-0.2, -0.15) is 5.43 Å². The van der Waals surface area contributed by atoms with E-state index < -0.39 is 12.0 Å². The SMILES string of the molecule is CCC(=O)[O-].CCCCCCCCCCCC(=O)N(C)C(=O)NN=O.[Na+]. The van der Waals surface area contributed by atoms with Gasteiger partial charge in [-0.1, -0.05) is 65.2 Å². The second kappa shape index (κ2) is 22.1. The van der Waals surface area contributed by atoms with Crippen LogP contribution in [-0.4, -0.2) is 29.9 Å². The summed E-state index contributed by atoms with van der Waals surface area (Å²) in [5.41, 5.74) is 1.70. The van der Waals surface area contributed by atoms with Gasteiger partial charge in [-0.05, 0) is 12.8 Å². The second-order valence-electron chi connectivity index (χ2n) is 5.76. The summed E-state index contributed by atoms with van der Waals surface area (Å²) in [6, 6.07) is -0.777. The standard InChI is InChI=1S/C14H27N3O3.C3H6O2.Na/c1-3-4-5-6-7-8-9-10-11-12-13(18)17(2)14(19)15-16-20;1-2-3(4)5;/h3-12H2,1-2H3,(H,15,19,20);2H2,1H3,(H,4,5);/q;;+1/p-1. The number of nitrogens with zero attached hydrogens (tertiary/aromatic N) is 2. The van der Waals surface area contributed by atoms with Crippen LogP contribution < -0.4 is 40.1 Å². The Balaban J connectivity index is -0.000000772. The molecule has 1 N–H and O–H groups in total. The number of unbranched alkanes of at least 4 members (excludes halogenated alkanes) is 8. The normalized spacial score (nSPS) is 9.19. The molecule has 0 radical (unpaired) electrons. The van der Waals surface area contributed by atoms with Crippen LogP contribution in [0.25, 0.3) is 0 Å². The summed E-state index contributed by atoms with van der Waals surface area (Å²) in [4.78, 5) is 42.7. The first-order chi connectivity index (χ1) is 11.9. The third-order valence-corrected chi connectivity index (χ3v) is 3.60. The van der Waals surface area contributed by atoms with E-state index in [1.54, 1.807) is 5.43 Å². The third-order valence-electron chi connectivity index (χ3n) is 3.60. The number of aliphatic carboxylic acids is 1. The summed E-state index contributed by atoms with van der Waals surface area (Å²) in [6.07, 6.45) is 11.0. The quantitative estimate of drug-likeness (QED) is 0.219. The number of nitrogens with one attached hydrogen (secondary N) is 1. The smallest absolute Gasteiger partial charge is 0.550 e. The van der Waals surface area contributed by atoms with Crippen LogP contribution >= 0.6 is 0 Å². The molecule has 26 heavy (non-hydrogen) atoms. The average Bonchev–Trinajstić information content (AvgIpc) is 2.60. The van der Waals surface area contributed by atoms with Crippen molar-refractivity contribution in [1.29, 1.82) is 0 Å². The van der Waals surface area contributed by atoms with Crippen molar-refractivity contribution in [3.8, 4) is 0 Å². The molecule has 3 amide bonds. The molecule has 0 aromatic rings. The number of amides is 3. The molecule has 0 rings (SSSR count). The molecule has 0 unspecified atom stereocenters. The number of carboxylic acids is 1. The van der Waals surface area contributed by atoms with E-state index in [1.807, 2.05) is 0 Å². The minimum Gasteiger partial charge on any atom is -0.550 e. The molecule has 9 heteroatoms. The van der Waals surface area contributed by atoms with E-state index in [2.05, 4.69) is 12.2 Å². The Morgan fingerprint density at radius 1 is 0.923 bits per heavy atom. The molecule has 0 aliphatic rings. The topological polar surface area (TPSA) is 119 Å². The van der Waals surface area contributed by atoms with Crippen LogP contribution in [0.4, 0.5) is 4.79 Å². The number of urea groups is 1. The maximum atomic E-state index is 11.6. The molecule has 0 spiro atoms. The number of imide groups is 1. The van der Waals surface area contributed by atoms with Gasteiger partial charge in [-0.15, -0.1) is 4.91 Å². The first kappa shape index (κ1) is 29.8. The molecule has 0 aromatic heterocycles. The summed E-state index contributed by atoms with van der Waals surface area (Å²) in [5.74, 6) is -1.28. The zero-order valence-corrected chi connectivity index (χ0v) is 18.7. The molecule has 0 aliphatic heterocycles. The number of rotatable bonds is 12. The molecular formula is C17H32N3NaO5. The van der Waals surface area contributed by atoms with Gasteiger partial charge in [-0.3, -0.25) is 9.69 Å². The van der Waals surface area contributed by atoms with Gasteiger partial charge in [-0.25, -0.2) is 4.79 Å². The first-order valence-electron chi connectivity index (χ1n) is 8.99. The molecule has 0 aliphatic carbocycles. The summed E-state index contributed by atoms with van der Waals surface area (Å²) >= 11 is 0. The Kier molecular flexibility index (Phi) is 25.2. The van der Waals surface area contributed by atoms with E-state index in [4.69, 9.17) is 0 Å². The maximum absolute atomic E-state index is 11.6. The molecule has 146 valence electrons. The van der Waals surface area contributed by atoms with Crippen molar-refractivity contribution in [3.05, 3.63) is 4.91 Å². The van der Waals surface area contributed by atoms with Gasteiger partial charge < -0.3 is 9.90 Å². The summed E-state index contributed by atoms with van der Waals surface area (Å²) in [5, 5.41) is 11.5. The molecule has 8 nitrogen and oxygen atoms in total. The van der Waals surface area contributed by atoms with Gasteiger partial charge in [0.15, 0.2) is 0 Å². The molecule has 0 saturated carbocycles. The summed E-state index contributed by atoms with van der Waals surface area (Å²) in [6.45, 7) is 3.74. The predicted octanol–water partition coefficient (Wildman–Crippen LogP) is -0.0930. The van der Waals surface area contributed by atoms with Crippen LogP contribution in [0.2, 0.25) is 0 Å². The fraction of sp³-hybridized carbons (Fsp3) is 0.824. The first-order valence-corrected chi connectivity index (χ1v) is 8.99. The number of carbonyl (C=O) groups is 3.